The molecule has 1 fully saturated rings. The second-order valence-corrected chi connectivity index (χ2v) is 8.08. The molecule has 1 aliphatic carbocycles. The summed E-state index contributed by atoms with van der Waals surface area (Å²) in [5.41, 5.74) is 1.10. The van der Waals surface area contributed by atoms with Crippen molar-refractivity contribution in [3.8, 4) is 0 Å². The van der Waals surface area contributed by atoms with Gasteiger partial charge in [-0.1, -0.05) is 17.2 Å². The van der Waals surface area contributed by atoms with E-state index in [-0.39, 0.29) is 29.4 Å². The summed E-state index contributed by atoms with van der Waals surface area (Å²) in [5.74, 6) is -1.68. The van der Waals surface area contributed by atoms with Crippen LogP contribution in [0, 0.1) is 5.92 Å². The number of amides is 1. The Labute approximate surface area is 192 Å². The Hall–Kier alpha value is -3.89. The smallest absolute Gasteiger partial charge is 0.416 e. The average molecular weight is 474 g/mol. The molecule has 1 saturated carbocycles. The lowest BCUT2D eigenvalue weighted by Gasteiger charge is -2.26. The highest BCUT2D eigenvalue weighted by molar-refractivity contribution is 6.00. The molecule has 0 aliphatic heterocycles. The van der Waals surface area contributed by atoms with Crippen molar-refractivity contribution in [1.29, 1.82) is 0 Å². The molecule has 3 aromatic rings. The van der Waals surface area contributed by atoms with Gasteiger partial charge >= 0.3 is 30.0 Å². The van der Waals surface area contributed by atoms with Crippen molar-refractivity contribution in [3.05, 3.63) is 65.5 Å². The number of hydrogen-bond donors (Lipinski definition) is 3. The Bertz CT molecular complexity index is 1150. The first kappa shape index (κ1) is 23.3. The first-order chi connectivity index (χ1) is 16.2. The number of rotatable bonds is 6. The maximum absolute atomic E-state index is 12.6. The lowest BCUT2D eigenvalue weighted by atomic mass is 9.79. The number of carboxylic acid groups (broad SMARTS) is 1. The minimum atomic E-state index is -4.44. The molecule has 0 radical (unpaired) electrons. The van der Waals surface area contributed by atoms with Crippen molar-refractivity contribution >= 4 is 29.3 Å². The van der Waals surface area contributed by atoms with Crippen LogP contribution in [0.1, 0.15) is 53.4 Å². The molecule has 0 unspecified atom stereocenters. The molecule has 11 heteroatoms. The molecular weight excluding hydrogens is 453 g/mol. The summed E-state index contributed by atoms with van der Waals surface area (Å²) in [6.07, 6.45) is -1.53. The van der Waals surface area contributed by atoms with Gasteiger partial charge in [-0.05, 0) is 73.6 Å². The number of carbonyl (C=O) groups excluding carboxylic acids is 1. The number of anilines is 3. The van der Waals surface area contributed by atoms with Gasteiger partial charge in [-0.25, -0.2) is 0 Å². The summed E-state index contributed by atoms with van der Waals surface area (Å²) in [6.45, 7) is 0. The molecule has 4 rings (SSSR count). The molecule has 178 valence electrons. The first-order valence-electron chi connectivity index (χ1n) is 10.6. The molecule has 1 heterocycles. The minimum absolute atomic E-state index is 0.141. The van der Waals surface area contributed by atoms with Gasteiger partial charge in [0.1, 0.15) is 0 Å². The molecule has 1 amide bonds. The first-order valence-corrected chi connectivity index (χ1v) is 10.6. The van der Waals surface area contributed by atoms with Crippen LogP contribution < -0.4 is 10.6 Å². The molecule has 1 aromatic heterocycles. The maximum Gasteiger partial charge on any atom is 0.416 e. The van der Waals surface area contributed by atoms with E-state index in [2.05, 4.69) is 20.8 Å². The standard InChI is InChI=1S/C23H21F3N4O4/c24-23(25,26)16-7-11-18(12-8-16)28-22-30-29-20(34-22)19(31)27-17-9-5-14(6-10-17)13-1-3-15(4-2-13)21(32)33/h5-13,15H,1-4H2,(H,27,31)(H,28,30)(H,32,33)/t13-,15-. The molecule has 2 aromatic carbocycles. The molecular formula is C23H21F3N4O4. The zero-order valence-corrected chi connectivity index (χ0v) is 17.8. The predicted molar refractivity (Wildman–Crippen MR) is 116 cm³/mol. The summed E-state index contributed by atoms with van der Waals surface area (Å²) in [7, 11) is 0. The predicted octanol–water partition coefficient (Wildman–Crippen LogP) is 5.44. The quantitative estimate of drug-likeness (QED) is 0.435. The summed E-state index contributed by atoms with van der Waals surface area (Å²) >= 11 is 0. The van der Waals surface area contributed by atoms with Crippen LogP contribution >= 0.6 is 0 Å². The topological polar surface area (TPSA) is 117 Å². The van der Waals surface area contributed by atoms with Crippen LogP contribution in [0.2, 0.25) is 0 Å². The normalized spacial score (nSPS) is 18.3. The van der Waals surface area contributed by atoms with E-state index in [0.717, 1.165) is 30.5 Å². The van der Waals surface area contributed by atoms with E-state index in [1.807, 2.05) is 12.1 Å². The van der Waals surface area contributed by atoms with E-state index in [9.17, 15) is 22.8 Å². The van der Waals surface area contributed by atoms with E-state index < -0.39 is 23.6 Å². The van der Waals surface area contributed by atoms with Crippen molar-refractivity contribution in [2.24, 2.45) is 5.92 Å². The Kier molecular flexibility index (Phi) is 6.53. The van der Waals surface area contributed by atoms with Gasteiger partial charge in [0.15, 0.2) is 0 Å². The molecule has 1 aliphatic rings. The second kappa shape index (κ2) is 9.54. The van der Waals surface area contributed by atoms with Crippen LogP contribution in [0.25, 0.3) is 0 Å². The minimum Gasteiger partial charge on any atom is -0.481 e. The van der Waals surface area contributed by atoms with Crippen LogP contribution in [0.3, 0.4) is 0 Å². The molecule has 0 bridgehead atoms. The number of alkyl halides is 3. The van der Waals surface area contributed by atoms with E-state index in [1.165, 1.54) is 12.1 Å². The third-order valence-corrected chi connectivity index (χ3v) is 5.80. The molecule has 0 atom stereocenters. The van der Waals surface area contributed by atoms with E-state index in [0.29, 0.717) is 18.5 Å². The van der Waals surface area contributed by atoms with Crippen LogP contribution in [-0.4, -0.2) is 27.2 Å². The van der Waals surface area contributed by atoms with Gasteiger partial charge in [0.05, 0.1) is 11.5 Å². The Balaban J connectivity index is 1.32. The maximum atomic E-state index is 12.6. The van der Waals surface area contributed by atoms with Gasteiger partial charge in [-0.2, -0.15) is 13.2 Å². The molecule has 3 N–H and O–H groups in total. The van der Waals surface area contributed by atoms with Crippen LogP contribution in [0.15, 0.2) is 52.9 Å². The van der Waals surface area contributed by atoms with Gasteiger partial charge < -0.3 is 20.2 Å². The Morgan fingerprint density at radius 2 is 1.53 bits per heavy atom. The number of hydrogen-bond acceptors (Lipinski definition) is 6. The van der Waals surface area contributed by atoms with Gasteiger partial charge in [-0.3, -0.25) is 9.59 Å². The van der Waals surface area contributed by atoms with Crippen LogP contribution in [0.5, 0.6) is 0 Å². The van der Waals surface area contributed by atoms with Gasteiger partial charge in [0.25, 0.3) is 0 Å². The fourth-order valence-electron chi connectivity index (χ4n) is 3.93. The SMILES string of the molecule is O=C(Nc1ccc([C@H]2CC[C@H](C(=O)O)CC2)cc1)c1nnc(Nc2ccc(C(F)(F)F)cc2)o1. The summed E-state index contributed by atoms with van der Waals surface area (Å²) in [6, 6.07) is 11.4. The summed E-state index contributed by atoms with van der Waals surface area (Å²) in [5, 5.41) is 21.8. The van der Waals surface area contributed by atoms with Crippen LogP contribution in [0.4, 0.5) is 30.6 Å². The fraction of sp³-hybridized carbons (Fsp3) is 0.304. The molecule has 34 heavy (non-hydrogen) atoms. The third kappa shape index (κ3) is 5.53. The highest BCUT2D eigenvalue weighted by Crippen LogP contribution is 2.36. The fourth-order valence-corrected chi connectivity index (χ4v) is 3.93. The number of carboxylic acids is 1. The van der Waals surface area contributed by atoms with Crippen molar-refractivity contribution < 1.29 is 32.3 Å². The van der Waals surface area contributed by atoms with Crippen molar-refractivity contribution in [3.63, 3.8) is 0 Å². The average Bonchev–Trinajstić information content (AvgIpc) is 3.28. The molecule has 0 saturated heterocycles. The number of carbonyl (C=O) groups is 2. The van der Waals surface area contributed by atoms with Gasteiger partial charge in [0, 0.05) is 11.4 Å². The van der Waals surface area contributed by atoms with Gasteiger partial charge in [0.2, 0.25) is 0 Å². The number of nitrogens with zero attached hydrogens (tertiary/aromatic N) is 2. The Morgan fingerprint density at radius 1 is 0.912 bits per heavy atom. The Morgan fingerprint density at radius 3 is 2.12 bits per heavy atom. The summed E-state index contributed by atoms with van der Waals surface area (Å²) < 4.78 is 43.2. The van der Waals surface area contributed by atoms with Crippen molar-refractivity contribution in [2.45, 2.75) is 37.8 Å². The van der Waals surface area contributed by atoms with Gasteiger partial charge in [-0.15, -0.1) is 5.10 Å². The molecule has 8 nitrogen and oxygen atoms in total. The summed E-state index contributed by atoms with van der Waals surface area (Å²) in [4.78, 5) is 23.5. The van der Waals surface area contributed by atoms with Crippen molar-refractivity contribution in [1.82, 2.24) is 10.2 Å². The van der Waals surface area contributed by atoms with Crippen LogP contribution in [-0.2, 0) is 11.0 Å². The third-order valence-electron chi connectivity index (χ3n) is 5.80. The number of aromatic nitrogens is 2. The zero-order chi connectivity index (χ0) is 24.3. The molecule has 0 spiro atoms. The second-order valence-electron chi connectivity index (χ2n) is 8.08. The van der Waals surface area contributed by atoms with E-state index in [4.69, 9.17) is 9.52 Å². The largest absolute Gasteiger partial charge is 0.481 e. The monoisotopic (exact) mass is 474 g/mol. The highest BCUT2D eigenvalue weighted by atomic mass is 19.4. The van der Waals surface area contributed by atoms with Crippen molar-refractivity contribution in [2.75, 3.05) is 10.6 Å². The number of halogens is 3. The lowest BCUT2D eigenvalue weighted by molar-refractivity contribution is -0.143. The van der Waals surface area contributed by atoms with E-state index in [1.54, 1.807) is 12.1 Å². The van der Waals surface area contributed by atoms with E-state index >= 15 is 0 Å². The number of aliphatic carboxylic acids is 1. The highest BCUT2D eigenvalue weighted by Gasteiger charge is 2.30. The number of benzene rings is 2. The zero-order valence-electron chi connectivity index (χ0n) is 17.8. The number of nitrogens with one attached hydrogen (secondary N) is 2. The lowest BCUT2D eigenvalue weighted by Crippen LogP contribution is -2.20.